The zero-order valence-corrected chi connectivity index (χ0v) is 10.7. The van der Waals surface area contributed by atoms with Crippen molar-refractivity contribution in [2.24, 2.45) is 0 Å². The number of hydrogen-bond donors (Lipinski definition) is 1. The molecule has 0 spiro atoms. The van der Waals surface area contributed by atoms with Crippen LogP contribution in [0.2, 0.25) is 0 Å². The highest BCUT2D eigenvalue weighted by molar-refractivity contribution is 5.11. The van der Waals surface area contributed by atoms with Gasteiger partial charge in [-0.05, 0) is 38.4 Å². The lowest BCUT2D eigenvalue weighted by atomic mass is 10.2. The van der Waals surface area contributed by atoms with Crippen LogP contribution in [0.15, 0.2) is 18.3 Å². The molecular formula is C13H24N2O. The van der Waals surface area contributed by atoms with Gasteiger partial charge in [-0.1, -0.05) is 6.92 Å². The van der Waals surface area contributed by atoms with Crippen LogP contribution in [-0.4, -0.2) is 24.8 Å². The lowest BCUT2D eigenvalue weighted by Gasteiger charge is -2.16. The summed E-state index contributed by atoms with van der Waals surface area (Å²) in [5.74, 6) is 0. The van der Waals surface area contributed by atoms with Gasteiger partial charge in [-0.3, -0.25) is 0 Å². The van der Waals surface area contributed by atoms with E-state index in [2.05, 4.69) is 42.1 Å². The number of aromatic nitrogens is 1. The summed E-state index contributed by atoms with van der Waals surface area (Å²) in [5.41, 5.74) is 1.37. The Labute approximate surface area is 98.8 Å². The second kappa shape index (κ2) is 7.47. The summed E-state index contributed by atoms with van der Waals surface area (Å²) < 4.78 is 7.39. The monoisotopic (exact) mass is 224 g/mol. The normalized spacial score (nSPS) is 12.9. The summed E-state index contributed by atoms with van der Waals surface area (Å²) in [5, 5.41) is 3.44. The summed E-state index contributed by atoms with van der Waals surface area (Å²) in [6.45, 7) is 7.31. The van der Waals surface area contributed by atoms with Gasteiger partial charge >= 0.3 is 0 Å². The summed E-state index contributed by atoms with van der Waals surface area (Å²) in [4.78, 5) is 0. The minimum Gasteiger partial charge on any atom is -0.385 e. The van der Waals surface area contributed by atoms with Gasteiger partial charge in [-0.25, -0.2) is 0 Å². The predicted octanol–water partition coefficient (Wildman–Crippen LogP) is 2.59. The van der Waals surface area contributed by atoms with Crippen molar-refractivity contribution in [3.05, 3.63) is 24.0 Å². The molecule has 0 aliphatic carbocycles. The van der Waals surface area contributed by atoms with Crippen molar-refractivity contribution in [3.8, 4) is 0 Å². The SMILES string of the molecule is CCNC(C)c1cccn1CCCCOC. The highest BCUT2D eigenvalue weighted by Gasteiger charge is 2.07. The van der Waals surface area contributed by atoms with Crippen LogP contribution < -0.4 is 5.32 Å². The number of nitrogens with zero attached hydrogens (tertiary/aromatic N) is 1. The Kier molecular flexibility index (Phi) is 6.19. The number of nitrogens with one attached hydrogen (secondary N) is 1. The standard InChI is InChI=1S/C13H24N2O/c1-4-14-12(2)13-8-7-10-15(13)9-5-6-11-16-3/h7-8,10,12,14H,4-6,9,11H2,1-3H3. The summed E-state index contributed by atoms with van der Waals surface area (Å²) in [6, 6.07) is 4.76. The van der Waals surface area contributed by atoms with E-state index >= 15 is 0 Å². The Balaban J connectivity index is 2.43. The van der Waals surface area contributed by atoms with Crippen LogP contribution in [0.1, 0.15) is 38.4 Å². The number of methoxy groups -OCH3 is 1. The molecule has 0 bridgehead atoms. The Morgan fingerprint density at radius 2 is 2.25 bits per heavy atom. The number of aryl methyl sites for hydroxylation is 1. The molecule has 1 heterocycles. The first-order chi connectivity index (χ1) is 7.79. The maximum absolute atomic E-state index is 5.06. The fourth-order valence-corrected chi connectivity index (χ4v) is 1.96. The molecule has 3 nitrogen and oxygen atoms in total. The maximum Gasteiger partial charge on any atom is 0.0462 e. The average Bonchev–Trinajstić information content (AvgIpc) is 2.73. The molecule has 1 aromatic heterocycles. The van der Waals surface area contributed by atoms with Crippen molar-refractivity contribution in [1.29, 1.82) is 0 Å². The first-order valence-corrected chi connectivity index (χ1v) is 6.17. The van der Waals surface area contributed by atoms with E-state index in [1.54, 1.807) is 7.11 Å². The van der Waals surface area contributed by atoms with Crippen LogP contribution in [-0.2, 0) is 11.3 Å². The largest absolute Gasteiger partial charge is 0.385 e. The Bertz CT molecular complexity index is 283. The van der Waals surface area contributed by atoms with E-state index < -0.39 is 0 Å². The number of hydrogen-bond acceptors (Lipinski definition) is 2. The van der Waals surface area contributed by atoms with Crippen molar-refractivity contribution in [2.75, 3.05) is 20.3 Å². The van der Waals surface area contributed by atoms with Crippen molar-refractivity contribution in [2.45, 2.75) is 39.3 Å². The molecule has 1 rings (SSSR count). The summed E-state index contributed by atoms with van der Waals surface area (Å²) in [6.07, 6.45) is 4.47. The fraction of sp³-hybridized carbons (Fsp3) is 0.692. The molecule has 92 valence electrons. The molecule has 0 saturated heterocycles. The van der Waals surface area contributed by atoms with Crippen molar-refractivity contribution in [3.63, 3.8) is 0 Å². The van der Waals surface area contributed by atoms with Gasteiger partial charge < -0.3 is 14.6 Å². The number of unbranched alkanes of at least 4 members (excludes halogenated alkanes) is 1. The molecule has 0 fully saturated rings. The molecule has 0 aromatic carbocycles. The van der Waals surface area contributed by atoms with Gasteiger partial charge in [-0.2, -0.15) is 0 Å². The van der Waals surface area contributed by atoms with Crippen molar-refractivity contribution in [1.82, 2.24) is 9.88 Å². The third-order valence-electron chi connectivity index (χ3n) is 2.82. The van der Waals surface area contributed by atoms with E-state index in [-0.39, 0.29) is 0 Å². The number of rotatable bonds is 8. The van der Waals surface area contributed by atoms with E-state index in [0.29, 0.717) is 6.04 Å². The van der Waals surface area contributed by atoms with E-state index in [9.17, 15) is 0 Å². The van der Waals surface area contributed by atoms with Crippen LogP contribution in [0, 0.1) is 0 Å². The molecule has 3 heteroatoms. The highest BCUT2D eigenvalue weighted by Crippen LogP contribution is 2.14. The first kappa shape index (κ1) is 13.3. The molecule has 0 radical (unpaired) electrons. The molecule has 1 N–H and O–H groups in total. The molecule has 1 aromatic rings. The second-order valence-electron chi connectivity index (χ2n) is 4.11. The second-order valence-corrected chi connectivity index (χ2v) is 4.11. The van der Waals surface area contributed by atoms with Gasteiger partial charge in [0, 0.05) is 38.2 Å². The summed E-state index contributed by atoms with van der Waals surface area (Å²) in [7, 11) is 1.76. The fourth-order valence-electron chi connectivity index (χ4n) is 1.96. The average molecular weight is 224 g/mol. The Morgan fingerprint density at radius 3 is 2.94 bits per heavy atom. The third-order valence-corrected chi connectivity index (χ3v) is 2.82. The van der Waals surface area contributed by atoms with Crippen LogP contribution in [0.5, 0.6) is 0 Å². The molecule has 1 unspecified atom stereocenters. The first-order valence-electron chi connectivity index (χ1n) is 6.17. The number of ether oxygens (including phenoxy) is 1. The van der Waals surface area contributed by atoms with Crippen LogP contribution in [0.25, 0.3) is 0 Å². The molecule has 0 amide bonds. The smallest absolute Gasteiger partial charge is 0.0462 e. The Hall–Kier alpha value is -0.800. The van der Waals surface area contributed by atoms with Crippen molar-refractivity contribution < 1.29 is 4.74 Å². The zero-order chi connectivity index (χ0) is 11.8. The topological polar surface area (TPSA) is 26.2 Å². The maximum atomic E-state index is 5.06. The minimum absolute atomic E-state index is 0.433. The van der Waals surface area contributed by atoms with Gasteiger partial charge in [0.15, 0.2) is 0 Å². The van der Waals surface area contributed by atoms with E-state index in [0.717, 1.165) is 26.1 Å². The van der Waals surface area contributed by atoms with Crippen molar-refractivity contribution >= 4 is 0 Å². The van der Waals surface area contributed by atoms with Crippen LogP contribution in [0.4, 0.5) is 0 Å². The lowest BCUT2D eigenvalue weighted by Crippen LogP contribution is -2.20. The van der Waals surface area contributed by atoms with E-state index in [1.807, 2.05) is 0 Å². The van der Waals surface area contributed by atoms with E-state index in [4.69, 9.17) is 4.74 Å². The van der Waals surface area contributed by atoms with Crippen LogP contribution in [0.3, 0.4) is 0 Å². The van der Waals surface area contributed by atoms with Gasteiger partial charge in [0.1, 0.15) is 0 Å². The molecule has 16 heavy (non-hydrogen) atoms. The van der Waals surface area contributed by atoms with Crippen LogP contribution >= 0.6 is 0 Å². The summed E-state index contributed by atoms with van der Waals surface area (Å²) >= 11 is 0. The quantitative estimate of drug-likeness (QED) is 0.687. The van der Waals surface area contributed by atoms with Gasteiger partial charge in [0.25, 0.3) is 0 Å². The van der Waals surface area contributed by atoms with Gasteiger partial charge in [0.05, 0.1) is 0 Å². The Morgan fingerprint density at radius 1 is 1.44 bits per heavy atom. The third kappa shape index (κ3) is 3.99. The molecule has 0 aliphatic heterocycles. The van der Waals surface area contributed by atoms with Gasteiger partial charge in [0.2, 0.25) is 0 Å². The molecular weight excluding hydrogens is 200 g/mol. The lowest BCUT2D eigenvalue weighted by molar-refractivity contribution is 0.191. The van der Waals surface area contributed by atoms with E-state index in [1.165, 1.54) is 12.1 Å². The molecule has 0 saturated carbocycles. The minimum atomic E-state index is 0.433. The molecule has 1 atom stereocenters. The molecule has 0 aliphatic rings. The predicted molar refractivity (Wildman–Crippen MR) is 67.6 cm³/mol. The van der Waals surface area contributed by atoms with Gasteiger partial charge in [-0.15, -0.1) is 0 Å². The highest BCUT2D eigenvalue weighted by atomic mass is 16.5. The zero-order valence-electron chi connectivity index (χ0n) is 10.7.